The highest BCUT2D eigenvalue weighted by molar-refractivity contribution is 5.86. The van der Waals surface area contributed by atoms with E-state index >= 15 is 0 Å². The Kier molecular flexibility index (Phi) is 3.48. The van der Waals surface area contributed by atoms with Crippen molar-refractivity contribution < 1.29 is 9.90 Å². The molecule has 6 nitrogen and oxygen atoms in total. The van der Waals surface area contributed by atoms with Crippen molar-refractivity contribution in [3.05, 3.63) is 47.3 Å². The Bertz CT molecular complexity index is 803. The number of anilines is 1. The molecule has 24 heavy (non-hydrogen) atoms. The number of hydrogen-bond donors (Lipinski definition) is 1. The van der Waals surface area contributed by atoms with Gasteiger partial charge in [-0.25, -0.2) is 19.7 Å². The van der Waals surface area contributed by atoms with E-state index in [4.69, 9.17) is 4.98 Å². The first-order chi connectivity index (χ1) is 11.6. The lowest BCUT2D eigenvalue weighted by atomic mass is 9.77. The summed E-state index contributed by atoms with van der Waals surface area (Å²) in [6, 6.07) is 3.56. The van der Waals surface area contributed by atoms with E-state index < -0.39 is 5.97 Å². The van der Waals surface area contributed by atoms with Gasteiger partial charge in [0.2, 0.25) is 0 Å². The van der Waals surface area contributed by atoms with Crippen molar-refractivity contribution in [2.24, 2.45) is 0 Å². The Balaban J connectivity index is 1.67. The molecule has 1 fully saturated rings. The second kappa shape index (κ2) is 5.54. The summed E-state index contributed by atoms with van der Waals surface area (Å²) < 4.78 is 0. The van der Waals surface area contributed by atoms with Crippen LogP contribution in [0.5, 0.6) is 0 Å². The van der Waals surface area contributed by atoms with Crippen molar-refractivity contribution in [2.45, 2.75) is 38.0 Å². The number of aromatic nitrogens is 3. The minimum atomic E-state index is -0.988. The summed E-state index contributed by atoms with van der Waals surface area (Å²) in [5, 5.41) is 9.18. The van der Waals surface area contributed by atoms with Gasteiger partial charge in [0.15, 0.2) is 0 Å². The highest BCUT2D eigenvalue weighted by Gasteiger charge is 2.43. The predicted octanol–water partition coefficient (Wildman–Crippen LogP) is 2.36. The molecule has 2 aromatic heterocycles. The Hall–Kier alpha value is -2.50. The number of carboxylic acid groups (broad SMARTS) is 1. The Labute approximate surface area is 140 Å². The van der Waals surface area contributed by atoms with Crippen molar-refractivity contribution in [3.8, 4) is 0 Å². The van der Waals surface area contributed by atoms with Gasteiger partial charge >= 0.3 is 5.97 Å². The van der Waals surface area contributed by atoms with E-state index in [9.17, 15) is 9.90 Å². The second-order valence-electron chi connectivity index (χ2n) is 6.80. The fourth-order valence-electron chi connectivity index (χ4n) is 4.11. The van der Waals surface area contributed by atoms with E-state index in [0.29, 0.717) is 0 Å². The fraction of sp³-hybridized carbons (Fsp3) is 0.444. The minimum absolute atomic E-state index is 0.0634. The highest BCUT2D eigenvalue weighted by atomic mass is 16.4. The van der Waals surface area contributed by atoms with E-state index in [1.54, 1.807) is 12.3 Å². The molecule has 1 spiro atoms. The van der Waals surface area contributed by atoms with Crippen LogP contribution in [0, 0.1) is 6.92 Å². The summed E-state index contributed by atoms with van der Waals surface area (Å²) in [6.45, 7) is 3.75. The molecule has 2 aliphatic rings. The molecule has 6 heteroatoms. The molecule has 1 unspecified atom stereocenters. The van der Waals surface area contributed by atoms with E-state index in [0.717, 1.165) is 50.3 Å². The van der Waals surface area contributed by atoms with Crippen LogP contribution in [0.4, 0.5) is 5.69 Å². The first-order valence-electron chi connectivity index (χ1n) is 8.35. The molecule has 1 aliphatic heterocycles. The van der Waals surface area contributed by atoms with Crippen molar-refractivity contribution in [3.63, 3.8) is 0 Å². The number of piperidine rings is 1. The Morgan fingerprint density at radius 3 is 3.04 bits per heavy atom. The van der Waals surface area contributed by atoms with Crippen LogP contribution in [-0.4, -0.2) is 39.1 Å². The van der Waals surface area contributed by atoms with E-state index in [1.165, 1.54) is 11.3 Å². The summed E-state index contributed by atoms with van der Waals surface area (Å²) in [7, 11) is 0. The predicted molar refractivity (Wildman–Crippen MR) is 89.4 cm³/mol. The van der Waals surface area contributed by atoms with Crippen molar-refractivity contribution in [1.29, 1.82) is 0 Å². The van der Waals surface area contributed by atoms with Crippen molar-refractivity contribution in [2.75, 3.05) is 18.0 Å². The average molecular weight is 324 g/mol. The average Bonchev–Trinajstić information content (AvgIpc) is 2.93. The maximum atomic E-state index is 11.2. The lowest BCUT2D eigenvalue weighted by Gasteiger charge is -2.41. The van der Waals surface area contributed by atoms with Crippen LogP contribution in [0.3, 0.4) is 0 Å². The van der Waals surface area contributed by atoms with Crippen molar-refractivity contribution in [1.82, 2.24) is 15.0 Å². The zero-order valence-corrected chi connectivity index (χ0v) is 13.7. The SMILES string of the molecule is Cc1ncc2c(n1)C1(CCCN(c3ccnc(C(=O)O)c3)C1)CC2. The molecule has 1 atom stereocenters. The summed E-state index contributed by atoms with van der Waals surface area (Å²) in [5.41, 5.74) is 3.56. The molecule has 0 bridgehead atoms. The van der Waals surface area contributed by atoms with Crippen LogP contribution >= 0.6 is 0 Å². The van der Waals surface area contributed by atoms with Crippen molar-refractivity contribution >= 4 is 11.7 Å². The van der Waals surface area contributed by atoms with Gasteiger partial charge in [-0.15, -0.1) is 0 Å². The number of hydrogen-bond acceptors (Lipinski definition) is 5. The number of aryl methyl sites for hydroxylation is 2. The first-order valence-corrected chi connectivity index (χ1v) is 8.35. The van der Waals surface area contributed by atoms with Gasteiger partial charge in [-0.3, -0.25) is 0 Å². The van der Waals surface area contributed by atoms with Gasteiger partial charge in [0, 0.05) is 36.6 Å². The number of nitrogens with zero attached hydrogens (tertiary/aromatic N) is 4. The van der Waals surface area contributed by atoms with Crippen LogP contribution in [0.25, 0.3) is 0 Å². The Morgan fingerprint density at radius 2 is 2.21 bits per heavy atom. The maximum Gasteiger partial charge on any atom is 0.354 e. The minimum Gasteiger partial charge on any atom is -0.477 e. The lowest BCUT2D eigenvalue weighted by Crippen LogP contribution is -2.45. The number of rotatable bonds is 2. The van der Waals surface area contributed by atoms with Gasteiger partial charge in [0.05, 0.1) is 5.69 Å². The first kappa shape index (κ1) is 15.1. The zero-order valence-electron chi connectivity index (χ0n) is 13.7. The molecular weight excluding hydrogens is 304 g/mol. The second-order valence-corrected chi connectivity index (χ2v) is 6.80. The molecule has 1 saturated heterocycles. The topological polar surface area (TPSA) is 79.2 Å². The van der Waals surface area contributed by atoms with E-state index in [-0.39, 0.29) is 11.1 Å². The van der Waals surface area contributed by atoms with Gasteiger partial charge in [0.1, 0.15) is 11.5 Å². The molecule has 2 aromatic rings. The highest BCUT2D eigenvalue weighted by Crippen LogP contribution is 2.44. The van der Waals surface area contributed by atoms with Crippen LogP contribution in [0.2, 0.25) is 0 Å². The molecule has 1 aliphatic carbocycles. The van der Waals surface area contributed by atoms with E-state index in [1.807, 2.05) is 19.2 Å². The number of carbonyl (C=O) groups is 1. The number of fused-ring (bicyclic) bond motifs is 2. The number of pyridine rings is 1. The summed E-state index contributed by atoms with van der Waals surface area (Å²) >= 11 is 0. The molecule has 1 N–H and O–H groups in total. The Morgan fingerprint density at radius 1 is 1.33 bits per heavy atom. The third-order valence-electron chi connectivity index (χ3n) is 5.26. The van der Waals surface area contributed by atoms with Crippen LogP contribution in [0.15, 0.2) is 24.5 Å². The standard InChI is InChI=1S/C18H20N4O2/c1-12-20-10-13-3-6-18(16(13)21-12)5-2-8-22(11-18)14-4-7-19-15(9-14)17(23)24/h4,7,9-10H,2-3,5-6,8,11H2,1H3,(H,23,24). The zero-order chi connectivity index (χ0) is 16.7. The fourth-order valence-corrected chi connectivity index (χ4v) is 4.11. The molecule has 0 saturated carbocycles. The number of carboxylic acids is 1. The van der Waals surface area contributed by atoms with Gasteiger partial charge in [0.25, 0.3) is 0 Å². The molecule has 0 aromatic carbocycles. The largest absolute Gasteiger partial charge is 0.477 e. The normalized spacial score (nSPS) is 22.6. The van der Waals surface area contributed by atoms with Gasteiger partial charge < -0.3 is 10.0 Å². The molecule has 3 heterocycles. The van der Waals surface area contributed by atoms with Crippen LogP contribution < -0.4 is 4.90 Å². The maximum absolute atomic E-state index is 11.2. The molecule has 0 amide bonds. The van der Waals surface area contributed by atoms with Gasteiger partial charge in [-0.2, -0.15) is 0 Å². The van der Waals surface area contributed by atoms with E-state index in [2.05, 4.69) is 14.9 Å². The number of aromatic carboxylic acids is 1. The third kappa shape index (κ3) is 2.42. The summed E-state index contributed by atoms with van der Waals surface area (Å²) in [5.74, 6) is -0.164. The molecule has 124 valence electrons. The van der Waals surface area contributed by atoms with Gasteiger partial charge in [-0.05, 0) is 50.3 Å². The third-order valence-corrected chi connectivity index (χ3v) is 5.26. The summed E-state index contributed by atoms with van der Waals surface area (Å²) in [4.78, 5) is 26.5. The van der Waals surface area contributed by atoms with Crippen LogP contribution in [-0.2, 0) is 11.8 Å². The quantitative estimate of drug-likeness (QED) is 0.913. The summed E-state index contributed by atoms with van der Waals surface area (Å²) in [6.07, 6.45) is 7.88. The monoisotopic (exact) mass is 324 g/mol. The van der Waals surface area contributed by atoms with Gasteiger partial charge in [-0.1, -0.05) is 0 Å². The molecular formula is C18H20N4O2. The van der Waals surface area contributed by atoms with Crippen LogP contribution in [0.1, 0.15) is 46.8 Å². The lowest BCUT2D eigenvalue weighted by molar-refractivity contribution is 0.0690. The molecule has 0 radical (unpaired) electrons. The smallest absolute Gasteiger partial charge is 0.354 e. The molecule has 4 rings (SSSR count).